The van der Waals surface area contributed by atoms with Gasteiger partial charge in [-0.2, -0.15) is 0 Å². The second-order valence-electron chi connectivity index (χ2n) is 4.00. The number of aryl methyl sites for hydroxylation is 2. The molecule has 0 aliphatic rings. The van der Waals surface area contributed by atoms with Gasteiger partial charge in [0, 0.05) is 0 Å². The molecule has 0 fully saturated rings. The van der Waals surface area contributed by atoms with Gasteiger partial charge in [0.25, 0.3) is 5.91 Å². The maximum atomic E-state index is 12.0. The van der Waals surface area contributed by atoms with E-state index in [0.717, 1.165) is 14.9 Å². The van der Waals surface area contributed by atoms with E-state index in [0.29, 0.717) is 15.6 Å². The van der Waals surface area contributed by atoms with Crippen molar-refractivity contribution in [2.24, 2.45) is 0 Å². The molecule has 1 N–H and O–H groups in total. The Morgan fingerprint density at radius 3 is 2.61 bits per heavy atom. The number of anilines is 1. The van der Waals surface area contributed by atoms with Crippen molar-refractivity contribution < 1.29 is 4.79 Å². The summed E-state index contributed by atoms with van der Waals surface area (Å²) in [5.74, 6) is -0.139. The Hall–Kier alpha value is -0.840. The normalized spacial score (nSPS) is 10.4. The largest absolute Gasteiger partial charge is 0.320 e. The zero-order valence-electron chi connectivity index (χ0n) is 9.88. The summed E-state index contributed by atoms with van der Waals surface area (Å²) >= 11 is 10.9. The summed E-state index contributed by atoms with van der Waals surface area (Å²) in [6.07, 6.45) is 0. The molecular formula is C13H11BrClNOS. The Bertz CT molecular complexity index is 590. The van der Waals surface area contributed by atoms with Crippen LogP contribution in [0.5, 0.6) is 0 Å². The molecule has 0 aliphatic carbocycles. The van der Waals surface area contributed by atoms with Gasteiger partial charge in [0.05, 0.1) is 19.4 Å². The van der Waals surface area contributed by atoms with Crippen molar-refractivity contribution in [2.75, 3.05) is 5.32 Å². The molecule has 5 heteroatoms. The molecule has 0 atom stereocenters. The van der Waals surface area contributed by atoms with Gasteiger partial charge >= 0.3 is 0 Å². The van der Waals surface area contributed by atoms with Gasteiger partial charge in [-0.15, -0.1) is 11.3 Å². The lowest BCUT2D eigenvalue weighted by atomic mass is 10.2. The molecule has 2 rings (SSSR count). The van der Waals surface area contributed by atoms with Gasteiger partial charge in [-0.3, -0.25) is 4.79 Å². The third-order valence-electron chi connectivity index (χ3n) is 2.45. The monoisotopic (exact) mass is 343 g/mol. The van der Waals surface area contributed by atoms with Crippen LogP contribution in [0.4, 0.5) is 5.69 Å². The third kappa shape index (κ3) is 2.94. The summed E-state index contributed by atoms with van der Waals surface area (Å²) in [5.41, 5.74) is 2.75. The zero-order chi connectivity index (χ0) is 13.3. The van der Waals surface area contributed by atoms with E-state index in [-0.39, 0.29) is 5.91 Å². The van der Waals surface area contributed by atoms with Gasteiger partial charge in [-0.1, -0.05) is 17.7 Å². The van der Waals surface area contributed by atoms with Crippen LogP contribution in [-0.4, -0.2) is 5.91 Å². The van der Waals surface area contributed by atoms with E-state index in [2.05, 4.69) is 21.2 Å². The lowest BCUT2D eigenvalue weighted by Crippen LogP contribution is -2.10. The molecule has 18 heavy (non-hydrogen) atoms. The molecule has 2 nitrogen and oxygen atoms in total. The third-order valence-corrected chi connectivity index (χ3v) is 4.90. The number of carbonyl (C=O) groups excluding carboxylic acids is 1. The molecule has 0 spiro atoms. The van der Waals surface area contributed by atoms with Crippen LogP contribution < -0.4 is 5.32 Å². The molecule has 0 radical (unpaired) electrons. The summed E-state index contributed by atoms with van der Waals surface area (Å²) in [6.45, 7) is 3.91. The minimum absolute atomic E-state index is 0.139. The number of nitrogens with one attached hydrogen (secondary N) is 1. The van der Waals surface area contributed by atoms with Crippen LogP contribution in [0.15, 0.2) is 28.1 Å². The van der Waals surface area contributed by atoms with E-state index in [1.807, 2.05) is 38.1 Å². The van der Waals surface area contributed by atoms with Gasteiger partial charge in [0.2, 0.25) is 0 Å². The fourth-order valence-corrected chi connectivity index (χ4v) is 3.19. The molecule has 0 bridgehead atoms. The number of hydrogen-bond donors (Lipinski definition) is 1. The van der Waals surface area contributed by atoms with Crippen LogP contribution in [0.25, 0.3) is 0 Å². The highest BCUT2D eigenvalue weighted by atomic mass is 79.9. The standard InChI is InChI=1S/C13H11BrClNOS/c1-7-3-4-10(9(15)5-7)16-13(17)11-6-8(2)12(14)18-11/h3-6H,1-2H3,(H,16,17). The van der Waals surface area contributed by atoms with Gasteiger partial charge in [-0.05, 0) is 59.1 Å². The number of carbonyl (C=O) groups is 1. The Balaban J connectivity index is 2.21. The zero-order valence-corrected chi connectivity index (χ0v) is 13.0. The Morgan fingerprint density at radius 2 is 2.06 bits per heavy atom. The maximum absolute atomic E-state index is 12.0. The first-order valence-corrected chi connectivity index (χ1v) is 7.29. The van der Waals surface area contributed by atoms with E-state index >= 15 is 0 Å². The SMILES string of the molecule is Cc1ccc(NC(=O)c2cc(C)c(Br)s2)c(Cl)c1. The van der Waals surface area contributed by atoms with Gasteiger partial charge in [0.1, 0.15) is 0 Å². The summed E-state index contributed by atoms with van der Waals surface area (Å²) < 4.78 is 0.975. The minimum atomic E-state index is -0.139. The predicted octanol–water partition coefficient (Wildman–Crippen LogP) is 5.03. The summed E-state index contributed by atoms with van der Waals surface area (Å²) in [6, 6.07) is 7.40. The number of halogens is 2. The average molecular weight is 345 g/mol. The molecule has 1 amide bonds. The first kappa shape index (κ1) is 13.6. The van der Waals surface area contributed by atoms with E-state index < -0.39 is 0 Å². The lowest BCUT2D eigenvalue weighted by molar-refractivity contribution is 0.103. The van der Waals surface area contributed by atoms with Crippen LogP contribution >= 0.6 is 38.9 Å². The molecular weight excluding hydrogens is 334 g/mol. The number of thiophene rings is 1. The van der Waals surface area contributed by atoms with Crippen molar-refractivity contribution in [1.29, 1.82) is 0 Å². The number of rotatable bonds is 2. The molecule has 0 saturated carbocycles. The Labute approximate surface area is 123 Å². The van der Waals surface area contributed by atoms with E-state index in [1.54, 1.807) is 0 Å². The maximum Gasteiger partial charge on any atom is 0.265 e. The summed E-state index contributed by atoms with van der Waals surface area (Å²) in [5, 5.41) is 3.36. The molecule has 0 unspecified atom stereocenters. The van der Waals surface area contributed by atoms with Crippen molar-refractivity contribution in [3.05, 3.63) is 49.1 Å². The fourth-order valence-electron chi connectivity index (χ4n) is 1.48. The van der Waals surface area contributed by atoms with E-state index in [1.165, 1.54) is 11.3 Å². The average Bonchev–Trinajstić information content (AvgIpc) is 2.63. The van der Waals surface area contributed by atoms with Crippen LogP contribution in [0.2, 0.25) is 5.02 Å². The summed E-state index contributed by atoms with van der Waals surface area (Å²) in [4.78, 5) is 12.7. The first-order chi connectivity index (χ1) is 8.47. The lowest BCUT2D eigenvalue weighted by Gasteiger charge is -2.06. The van der Waals surface area contributed by atoms with Crippen molar-refractivity contribution in [3.8, 4) is 0 Å². The van der Waals surface area contributed by atoms with E-state index in [9.17, 15) is 4.79 Å². The highest BCUT2D eigenvalue weighted by molar-refractivity contribution is 9.11. The fraction of sp³-hybridized carbons (Fsp3) is 0.154. The molecule has 2 aromatic rings. The smallest absolute Gasteiger partial charge is 0.265 e. The van der Waals surface area contributed by atoms with Crippen molar-refractivity contribution in [1.82, 2.24) is 0 Å². The van der Waals surface area contributed by atoms with Crippen molar-refractivity contribution in [3.63, 3.8) is 0 Å². The van der Waals surface area contributed by atoms with Crippen LogP contribution in [0.1, 0.15) is 20.8 Å². The predicted molar refractivity (Wildman–Crippen MR) is 80.9 cm³/mol. The Morgan fingerprint density at radius 1 is 1.33 bits per heavy atom. The second-order valence-corrected chi connectivity index (χ2v) is 6.78. The van der Waals surface area contributed by atoms with Gasteiger partial charge < -0.3 is 5.32 Å². The van der Waals surface area contributed by atoms with Gasteiger partial charge in [-0.25, -0.2) is 0 Å². The molecule has 0 saturated heterocycles. The quantitative estimate of drug-likeness (QED) is 0.813. The molecule has 1 aromatic heterocycles. The van der Waals surface area contributed by atoms with Gasteiger partial charge in [0.15, 0.2) is 0 Å². The van der Waals surface area contributed by atoms with Crippen LogP contribution in [0.3, 0.4) is 0 Å². The highest BCUT2D eigenvalue weighted by Crippen LogP contribution is 2.29. The Kier molecular flexibility index (Phi) is 4.10. The molecule has 0 aliphatic heterocycles. The van der Waals surface area contributed by atoms with Crippen molar-refractivity contribution in [2.45, 2.75) is 13.8 Å². The minimum Gasteiger partial charge on any atom is -0.320 e. The van der Waals surface area contributed by atoms with E-state index in [4.69, 9.17) is 11.6 Å². The second kappa shape index (κ2) is 5.43. The molecule has 94 valence electrons. The molecule has 1 aromatic carbocycles. The highest BCUT2D eigenvalue weighted by Gasteiger charge is 2.12. The van der Waals surface area contributed by atoms with Crippen molar-refractivity contribution >= 4 is 50.5 Å². The summed E-state index contributed by atoms with van der Waals surface area (Å²) in [7, 11) is 0. The van der Waals surface area contributed by atoms with Crippen LogP contribution in [-0.2, 0) is 0 Å². The first-order valence-electron chi connectivity index (χ1n) is 5.31. The number of hydrogen-bond acceptors (Lipinski definition) is 2. The number of amides is 1. The topological polar surface area (TPSA) is 29.1 Å². The number of benzene rings is 1. The van der Waals surface area contributed by atoms with Crippen LogP contribution in [0, 0.1) is 13.8 Å². The molecule has 1 heterocycles.